The van der Waals surface area contributed by atoms with Gasteiger partial charge in [-0.1, -0.05) is 12.1 Å². The minimum atomic E-state index is -0.264. The molecule has 3 rings (SSSR count). The Morgan fingerprint density at radius 1 is 1.27 bits per heavy atom. The molecule has 0 radical (unpaired) electrons. The summed E-state index contributed by atoms with van der Waals surface area (Å²) in [6.45, 7) is 3.76. The van der Waals surface area contributed by atoms with Crippen LogP contribution in [0.1, 0.15) is 27.2 Å². The van der Waals surface area contributed by atoms with Crippen molar-refractivity contribution in [1.82, 2.24) is 15.3 Å². The van der Waals surface area contributed by atoms with Crippen molar-refractivity contribution < 1.29 is 13.6 Å². The van der Waals surface area contributed by atoms with Gasteiger partial charge in [0.15, 0.2) is 11.6 Å². The molecule has 1 N–H and O–H groups in total. The molecule has 3 aromatic rings. The quantitative estimate of drug-likeness (QED) is 0.539. The van der Waals surface area contributed by atoms with Crippen LogP contribution in [0, 0.1) is 19.7 Å². The minimum Gasteiger partial charge on any atom is -0.461 e. The second-order valence-electron chi connectivity index (χ2n) is 5.76. The molecular formula is C19H18FN3O2S. The van der Waals surface area contributed by atoms with Crippen LogP contribution in [0.25, 0.3) is 11.6 Å². The summed E-state index contributed by atoms with van der Waals surface area (Å²) in [6, 6.07) is 8.31. The van der Waals surface area contributed by atoms with E-state index in [1.807, 2.05) is 6.26 Å². The van der Waals surface area contributed by atoms with Gasteiger partial charge in [-0.2, -0.15) is 0 Å². The van der Waals surface area contributed by atoms with E-state index in [1.54, 1.807) is 44.4 Å². The zero-order chi connectivity index (χ0) is 18.7. The first kappa shape index (κ1) is 18.1. The van der Waals surface area contributed by atoms with Gasteiger partial charge in [0.1, 0.15) is 10.8 Å². The highest BCUT2D eigenvalue weighted by atomic mass is 32.2. The van der Waals surface area contributed by atoms with Crippen LogP contribution in [0.4, 0.5) is 4.39 Å². The topological polar surface area (TPSA) is 68.0 Å². The average molecular weight is 371 g/mol. The van der Waals surface area contributed by atoms with Gasteiger partial charge in [0.05, 0.1) is 17.5 Å². The Morgan fingerprint density at radius 3 is 2.73 bits per heavy atom. The summed E-state index contributed by atoms with van der Waals surface area (Å²) in [6.07, 6.45) is 3.41. The Hall–Kier alpha value is -2.67. The summed E-state index contributed by atoms with van der Waals surface area (Å²) in [7, 11) is 0. The number of hydrogen-bond acceptors (Lipinski definition) is 5. The van der Waals surface area contributed by atoms with E-state index < -0.39 is 0 Å². The molecule has 0 aliphatic carbocycles. The monoisotopic (exact) mass is 371 g/mol. The first-order chi connectivity index (χ1) is 12.5. The summed E-state index contributed by atoms with van der Waals surface area (Å²) in [5, 5.41) is 3.43. The van der Waals surface area contributed by atoms with Crippen LogP contribution in [-0.2, 0) is 6.54 Å². The number of nitrogens with zero attached hydrogens (tertiary/aromatic N) is 2. The Kier molecular flexibility index (Phi) is 5.37. The molecular weight excluding hydrogens is 353 g/mol. The van der Waals surface area contributed by atoms with E-state index in [-0.39, 0.29) is 11.7 Å². The van der Waals surface area contributed by atoms with Crippen molar-refractivity contribution in [3.8, 4) is 11.6 Å². The smallest absolute Gasteiger partial charge is 0.256 e. The molecule has 1 amide bonds. The molecule has 26 heavy (non-hydrogen) atoms. The van der Waals surface area contributed by atoms with Gasteiger partial charge in [0, 0.05) is 6.54 Å². The zero-order valence-electron chi connectivity index (χ0n) is 14.7. The molecule has 0 fully saturated rings. The number of aromatic nitrogens is 2. The van der Waals surface area contributed by atoms with Crippen molar-refractivity contribution in [2.75, 3.05) is 6.26 Å². The van der Waals surface area contributed by atoms with Crippen LogP contribution < -0.4 is 5.32 Å². The van der Waals surface area contributed by atoms with Gasteiger partial charge in [-0.3, -0.25) is 4.79 Å². The second-order valence-corrected chi connectivity index (χ2v) is 6.56. The predicted molar refractivity (Wildman–Crippen MR) is 98.6 cm³/mol. The van der Waals surface area contributed by atoms with Gasteiger partial charge in [-0.05, 0) is 49.4 Å². The van der Waals surface area contributed by atoms with Gasteiger partial charge in [-0.15, -0.1) is 11.8 Å². The highest BCUT2D eigenvalue weighted by Crippen LogP contribution is 2.25. The van der Waals surface area contributed by atoms with Crippen LogP contribution in [0.15, 0.2) is 46.0 Å². The van der Waals surface area contributed by atoms with Crippen molar-refractivity contribution in [2.24, 2.45) is 0 Å². The number of carbonyl (C=O) groups is 1. The van der Waals surface area contributed by atoms with Crippen LogP contribution in [0.3, 0.4) is 0 Å². The van der Waals surface area contributed by atoms with E-state index >= 15 is 0 Å². The van der Waals surface area contributed by atoms with Crippen LogP contribution in [0.5, 0.6) is 0 Å². The van der Waals surface area contributed by atoms with E-state index in [9.17, 15) is 9.18 Å². The molecule has 2 heterocycles. The van der Waals surface area contributed by atoms with Crippen molar-refractivity contribution in [3.05, 3.63) is 64.8 Å². The van der Waals surface area contributed by atoms with E-state index in [2.05, 4.69) is 15.3 Å². The van der Waals surface area contributed by atoms with Gasteiger partial charge in [0.2, 0.25) is 0 Å². The lowest BCUT2D eigenvalue weighted by Gasteiger charge is -2.12. The third-order valence-corrected chi connectivity index (χ3v) is 4.58. The van der Waals surface area contributed by atoms with E-state index in [0.717, 1.165) is 5.56 Å². The molecule has 0 bridgehead atoms. The van der Waals surface area contributed by atoms with Gasteiger partial charge < -0.3 is 9.73 Å². The first-order valence-electron chi connectivity index (χ1n) is 7.99. The SMILES string of the molecule is CSc1nc(-c2ccco2)nc(C)c1C(=O)NCc1ccc(F)c(C)c1. The molecule has 0 aliphatic rings. The largest absolute Gasteiger partial charge is 0.461 e. The van der Waals surface area contributed by atoms with Crippen molar-refractivity contribution >= 4 is 17.7 Å². The summed E-state index contributed by atoms with van der Waals surface area (Å²) >= 11 is 1.37. The highest BCUT2D eigenvalue weighted by molar-refractivity contribution is 7.98. The summed E-state index contributed by atoms with van der Waals surface area (Å²) in [4.78, 5) is 21.5. The third kappa shape index (κ3) is 3.77. The lowest BCUT2D eigenvalue weighted by Crippen LogP contribution is -2.25. The molecule has 134 valence electrons. The van der Waals surface area contributed by atoms with Crippen LogP contribution >= 0.6 is 11.8 Å². The normalized spacial score (nSPS) is 10.8. The fourth-order valence-electron chi connectivity index (χ4n) is 2.56. The number of furan rings is 1. The van der Waals surface area contributed by atoms with Crippen LogP contribution in [0.2, 0.25) is 0 Å². The Balaban J connectivity index is 1.83. The maximum atomic E-state index is 13.4. The fraction of sp³-hybridized carbons (Fsp3) is 0.211. The number of halogens is 1. The lowest BCUT2D eigenvalue weighted by molar-refractivity contribution is 0.0946. The molecule has 0 unspecified atom stereocenters. The Bertz CT molecular complexity index is 942. The van der Waals surface area contributed by atoms with Gasteiger partial charge in [-0.25, -0.2) is 14.4 Å². The van der Waals surface area contributed by atoms with Gasteiger partial charge >= 0.3 is 0 Å². The zero-order valence-corrected chi connectivity index (χ0v) is 15.5. The summed E-state index contributed by atoms with van der Waals surface area (Å²) in [5.74, 6) is 0.474. The molecule has 5 nitrogen and oxygen atoms in total. The highest BCUT2D eigenvalue weighted by Gasteiger charge is 2.19. The van der Waals surface area contributed by atoms with E-state index in [0.29, 0.717) is 40.0 Å². The number of benzene rings is 1. The summed E-state index contributed by atoms with van der Waals surface area (Å²) in [5.41, 5.74) is 2.38. The molecule has 0 saturated carbocycles. The van der Waals surface area contributed by atoms with E-state index in [1.165, 1.54) is 17.8 Å². The van der Waals surface area contributed by atoms with Crippen molar-refractivity contribution in [1.29, 1.82) is 0 Å². The number of carbonyl (C=O) groups excluding carboxylic acids is 1. The number of aryl methyl sites for hydroxylation is 2. The van der Waals surface area contributed by atoms with Crippen LogP contribution in [-0.4, -0.2) is 22.1 Å². The number of rotatable bonds is 5. The number of amides is 1. The molecule has 0 aliphatic heterocycles. The maximum Gasteiger partial charge on any atom is 0.256 e. The van der Waals surface area contributed by atoms with Gasteiger partial charge in [0.25, 0.3) is 5.91 Å². The summed E-state index contributed by atoms with van der Waals surface area (Å²) < 4.78 is 18.7. The second kappa shape index (κ2) is 7.70. The van der Waals surface area contributed by atoms with E-state index in [4.69, 9.17) is 4.42 Å². The Morgan fingerprint density at radius 2 is 2.08 bits per heavy atom. The van der Waals surface area contributed by atoms with Crippen molar-refractivity contribution in [2.45, 2.75) is 25.4 Å². The molecule has 2 aromatic heterocycles. The maximum absolute atomic E-state index is 13.4. The number of hydrogen-bond donors (Lipinski definition) is 1. The molecule has 0 spiro atoms. The Labute approximate surface area is 155 Å². The molecule has 0 saturated heterocycles. The predicted octanol–water partition coefficient (Wildman–Crippen LogP) is 4.14. The molecule has 7 heteroatoms. The minimum absolute atomic E-state index is 0.262. The fourth-order valence-corrected chi connectivity index (χ4v) is 3.18. The number of thioether (sulfide) groups is 1. The molecule has 0 atom stereocenters. The average Bonchev–Trinajstić information content (AvgIpc) is 3.16. The van der Waals surface area contributed by atoms with Crippen molar-refractivity contribution in [3.63, 3.8) is 0 Å². The lowest BCUT2D eigenvalue weighted by atomic mass is 10.1. The number of nitrogens with one attached hydrogen (secondary N) is 1. The third-order valence-electron chi connectivity index (χ3n) is 3.89. The molecule has 1 aromatic carbocycles. The first-order valence-corrected chi connectivity index (χ1v) is 9.21. The standard InChI is InChI=1S/C19H18FN3O2S/c1-11-9-13(6-7-14(11)20)10-21-18(24)16-12(2)22-17(23-19(16)26-3)15-5-4-8-25-15/h4-9H,10H2,1-3H3,(H,21,24).